The lowest BCUT2D eigenvalue weighted by atomic mass is 10.0. The first kappa shape index (κ1) is 19.2. The van der Waals surface area contributed by atoms with Crippen LogP contribution >= 0.6 is 0 Å². The lowest BCUT2D eigenvalue weighted by Crippen LogP contribution is -2.47. The minimum atomic E-state index is -4.95. The topological polar surface area (TPSA) is 58.4 Å². The van der Waals surface area contributed by atoms with Gasteiger partial charge in [0.2, 0.25) is 5.91 Å². The number of piperazine rings is 1. The van der Waals surface area contributed by atoms with Gasteiger partial charge in [-0.25, -0.2) is 0 Å². The average molecular weight is 393 g/mol. The van der Waals surface area contributed by atoms with Gasteiger partial charge in [-0.05, 0) is 18.2 Å². The molecular weight excluding hydrogens is 380 g/mol. The summed E-state index contributed by atoms with van der Waals surface area (Å²) >= 11 is 0. The SMILES string of the molecule is O=C1CNCCN1Cc1cc(-c2cc(C(F)(F)F)cc(C(F)(F)F)c2)no1. The Balaban J connectivity index is 1.92. The fourth-order valence-corrected chi connectivity index (χ4v) is 2.63. The molecule has 11 heteroatoms. The van der Waals surface area contributed by atoms with Gasteiger partial charge >= 0.3 is 12.4 Å². The minimum Gasteiger partial charge on any atom is -0.359 e. The first-order chi connectivity index (χ1) is 12.5. The highest BCUT2D eigenvalue weighted by Crippen LogP contribution is 2.38. The van der Waals surface area contributed by atoms with Gasteiger partial charge in [0.1, 0.15) is 5.69 Å². The molecule has 146 valence electrons. The molecule has 2 heterocycles. The number of halogens is 6. The molecule has 0 unspecified atom stereocenters. The third kappa shape index (κ3) is 4.41. The molecule has 27 heavy (non-hydrogen) atoms. The number of amides is 1. The number of nitrogens with one attached hydrogen (secondary N) is 1. The normalized spacial score (nSPS) is 16.1. The molecule has 0 saturated carbocycles. The second-order valence-electron chi connectivity index (χ2n) is 5.97. The first-order valence-corrected chi connectivity index (χ1v) is 7.78. The Hall–Kier alpha value is -2.56. The Bertz CT molecular complexity index is 811. The van der Waals surface area contributed by atoms with Gasteiger partial charge in [-0.3, -0.25) is 4.79 Å². The summed E-state index contributed by atoms with van der Waals surface area (Å²) in [5.41, 5.74) is -3.42. The molecule has 1 aromatic carbocycles. The molecule has 1 aliphatic heterocycles. The lowest BCUT2D eigenvalue weighted by Gasteiger charge is -2.26. The van der Waals surface area contributed by atoms with Crippen molar-refractivity contribution in [2.24, 2.45) is 0 Å². The first-order valence-electron chi connectivity index (χ1n) is 7.78. The number of rotatable bonds is 3. The third-order valence-corrected chi connectivity index (χ3v) is 3.98. The van der Waals surface area contributed by atoms with E-state index in [9.17, 15) is 31.1 Å². The molecule has 2 aromatic rings. The van der Waals surface area contributed by atoms with Gasteiger partial charge in [0.25, 0.3) is 0 Å². The Morgan fingerprint density at radius 3 is 2.22 bits per heavy atom. The summed E-state index contributed by atoms with van der Waals surface area (Å²) in [6.07, 6.45) is -9.90. The van der Waals surface area contributed by atoms with Gasteiger partial charge in [0.05, 0.1) is 24.2 Å². The van der Waals surface area contributed by atoms with Crippen LogP contribution in [0.3, 0.4) is 0 Å². The maximum atomic E-state index is 12.9. The molecule has 0 radical (unpaired) electrons. The van der Waals surface area contributed by atoms with Gasteiger partial charge in [-0.2, -0.15) is 26.3 Å². The van der Waals surface area contributed by atoms with Crippen LogP contribution in [0.25, 0.3) is 11.3 Å². The standard InChI is InChI=1S/C16H13F6N3O2/c17-15(18,19)10-3-9(4-11(5-10)16(20,21)22)13-6-12(27-24-13)8-25-2-1-23-7-14(25)26/h3-6,23H,1-2,7-8H2. The Labute approximate surface area is 148 Å². The van der Waals surface area contributed by atoms with Crippen LogP contribution in [0, 0.1) is 0 Å². The molecule has 0 atom stereocenters. The van der Waals surface area contributed by atoms with E-state index < -0.39 is 23.5 Å². The number of nitrogens with zero attached hydrogens (tertiary/aromatic N) is 2. The van der Waals surface area contributed by atoms with Crippen molar-refractivity contribution in [3.8, 4) is 11.3 Å². The van der Waals surface area contributed by atoms with E-state index in [1.165, 1.54) is 11.0 Å². The van der Waals surface area contributed by atoms with Crippen LogP contribution in [0.4, 0.5) is 26.3 Å². The Kier molecular flexibility index (Phi) is 4.89. The van der Waals surface area contributed by atoms with Crippen molar-refractivity contribution >= 4 is 5.91 Å². The summed E-state index contributed by atoms with van der Waals surface area (Å²) in [5.74, 6) is -0.0381. The van der Waals surface area contributed by atoms with Crippen LogP contribution in [0.1, 0.15) is 16.9 Å². The van der Waals surface area contributed by atoms with E-state index in [0.717, 1.165) is 0 Å². The quantitative estimate of drug-likeness (QED) is 0.813. The molecule has 0 bridgehead atoms. The largest absolute Gasteiger partial charge is 0.416 e. The van der Waals surface area contributed by atoms with E-state index in [4.69, 9.17) is 4.52 Å². The van der Waals surface area contributed by atoms with Gasteiger partial charge in [-0.15, -0.1) is 0 Å². The molecule has 5 nitrogen and oxygen atoms in total. The third-order valence-electron chi connectivity index (χ3n) is 3.98. The molecule has 0 spiro atoms. The summed E-state index contributed by atoms with van der Waals surface area (Å²) in [6.45, 7) is 1.13. The van der Waals surface area contributed by atoms with Gasteiger partial charge < -0.3 is 14.7 Å². The zero-order valence-corrected chi connectivity index (χ0v) is 13.6. The predicted octanol–water partition coefficient (Wildman–Crippen LogP) is 3.31. The number of alkyl halides is 6. The number of carbonyl (C=O) groups excluding carboxylic acids is 1. The molecule has 1 saturated heterocycles. The van der Waals surface area contributed by atoms with E-state index in [-0.39, 0.29) is 42.1 Å². The van der Waals surface area contributed by atoms with E-state index in [2.05, 4.69) is 10.5 Å². The summed E-state index contributed by atoms with van der Waals surface area (Å²) in [7, 11) is 0. The van der Waals surface area contributed by atoms with Crippen LogP contribution in [0.15, 0.2) is 28.8 Å². The molecule has 1 amide bonds. The van der Waals surface area contributed by atoms with Crippen LogP contribution in [-0.2, 0) is 23.7 Å². The van der Waals surface area contributed by atoms with Gasteiger partial charge in [-0.1, -0.05) is 5.16 Å². The van der Waals surface area contributed by atoms with Crippen molar-refractivity contribution in [2.45, 2.75) is 18.9 Å². The Morgan fingerprint density at radius 2 is 1.67 bits per heavy atom. The highest BCUT2D eigenvalue weighted by atomic mass is 19.4. The highest BCUT2D eigenvalue weighted by Gasteiger charge is 2.37. The maximum absolute atomic E-state index is 12.9. The van der Waals surface area contributed by atoms with E-state index in [0.29, 0.717) is 25.2 Å². The molecule has 1 fully saturated rings. The second-order valence-corrected chi connectivity index (χ2v) is 5.97. The second kappa shape index (κ2) is 6.87. The average Bonchev–Trinajstić information content (AvgIpc) is 3.04. The van der Waals surface area contributed by atoms with Crippen molar-refractivity contribution in [3.05, 3.63) is 41.2 Å². The predicted molar refractivity (Wildman–Crippen MR) is 80.2 cm³/mol. The van der Waals surface area contributed by atoms with E-state index >= 15 is 0 Å². The molecule has 3 rings (SSSR count). The summed E-state index contributed by atoms with van der Waals surface area (Å²) in [6, 6.07) is 2.43. The van der Waals surface area contributed by atoms with E-state index in [1.807, 2.05) is 0 Å². The number of hydrogen-bond acceptors (Lipinski definition) is 4. The van der Waals surface area contributed by atoms with Crippen molar-refractivity contribution in [1.82, 2.24) is 15.4 Å². The van der Waals surface area contributed by atoms with Crippen molar-refractivity contribution in [1.29, 1.82) is 0 Å². The van der Waals surface area contributed by atoms with Crippen LogP contribution in [-0.4, -0.2) is 35.6 Å². The summed E-state index contributed by atoms with van der Waals surface area (Å²) in [5, 5.41) is 6.43. The molecule has 0 aliphatic carbocycles. The fraction of sp³-hybridized carbons (Fsp3) is 0.375. The number of benzene rings is 1. The molecule has 1 N–H and O–H groups in total. The van der Waals surface area contributed by atoms with E-state index in [1.54, 1.807) is 0 Å². The number of aromatic nitrogens is 1. The molecular formula is C16H13F6N3O2. The van der Waals surface area contributed by atoms with Crippen LogP contribution in [0.2, 0.25) is 0 Å². The van der Waals surface area contributed by atoms with Crippen LogP contribution in [0.5, 0.6) is 0 Å². The lowest BCUT2D eigenvalue weighted by molar-refractivity contribution is -0.143. The van der Waals surface area contributed by atoms with Crippen molar-refractivity contribution < 1.29 is 35.7 Å². The van der Waals surface area contributed by atoms with Gasteiger partial charge in [0.15, 0.2) is 5.76 Å². The number of carbonyl (C=O) groups is 1. The Morgan fingerprint density at radius 1 is 1.04 bits per heavy atom. The smallest absolute Gasteiger partial charge is 0.359 e. The molecule has 1 aliphatic rings. The monoisotopic (exact) mass is 393 g/mol. The number of hydrogen-bond donors (Lipinski definition) is 1. The molecule has 1 aromatic heterocycles. The van der Waals surface area contributed by atoms with Crippen LogP contribution < -0.4 is 5.32 Å². The zero-order chi connectivity index (χ0) is 19.8. The maximum Gasteiger partial charge on any atom is 0.416 e. The fourth-order valence-electron chi connectivity index (χ4n) is 2.63. The zero-order valence-electron chi connectivity index (χ0n) is 13.6. The summed E-state index contributed by atoms with van der Waals surface area (Å²) in [4.78, 5) is 13.2. The highest BCUT2D eigenvalue weighted by molar-refractivity contribution is 5.79. The van der Waals surface area contributed by atoms with Crippen molar-refractivity contribution in [3.63, 3.8) is 0 Å². The summed E-state index contributed by atoms with van der Waals surface area (Å²) < 4.78 is 82.7. The van der Waals surface area contributed by atoms with Crippen molar-refractivity contribution in [2.75, 3.05) is 19.6 Å². The van der Waals surface area contributed by atoms with Gasteiger partial charge in [0, 0.05) is 24.7 Å². The minimum absolute atomic E-state index is 0.0264.